The van der Waals surface area contributed by atoms with Gasteiger partial charge in [0, 0.05) is 5.56 Å². The van der Waals surface area contributed by atoms with Crippen LogP contribution in [0.2, 0.25) is 5.02 Å². The molecule has 0 radical (unpaired) electrons. The summed E-state index contributed by atoms with van der Waals surface area (Å²) in [4.78, 5) is 0. The van der Waals surface area contributed by atoms with Gasteiger partial charge in [-0.1, -0.05) is 11.6 Å². The normalized spacial score (nSPS) is 17.6. The van der Waals surface area contributed by atoms with Crippen LogP contribution in [0.25, 0.3) is 0 Å². The van der Waals surface area contributed by atoms with Crippen molar-refractivity contribution >= 4 is 11.6 Å². The van der Waals surface area contributed by atoms with Crippen molar-refractivity contribution in [3.63, 3.8) is 0 Å². The van der Waals surface area contributed by atoms with Crippen molar-refractivity contribution in [3.05, 3.63) is 22.2 Å². The summed E-state index contributed by atoms with van der Waals surface area (Å²) in [7, 11) is 1.44. The van der Waals surface area contributed by atoms with E-state index in [0.29, 0.717) is 23.4 Å². The van der Waals surface area contributed by atoms with Crippen LogP contribution in [-0.2, 0) is 5.60 Å². The van der Waals surface area contributed by atoms with Crippen LogP contribution in [0.1, 0.15) is 24.0 Å². The number of rotatable bonds is 2. The van der Waals surface area contributed by atoms with E-state index in [1.165, 1.54) is 7.11 Å². The number of phenolic OH excluding ortho intramolecular Hbond substituents is 1. The third-order valence-electron chi connectivity index (χ3n) is 2.79. The average Bonchev–Trinajstić information content (AvgIpc) is 2.83. The van der Waals surface area contributed by atoms with Gasteiger partial charge in [0.1, 0.15) is 0 Å². The molecule has 1 saturated carbocycles. The molecule has 82 valence electrons. The molecule has 15 heavy (non-hydrogen) atoms. The molecule has 2 rings (SSSR count). The van der Waals surface area contributed by atoms with Gasteiger partial charge in [-0.3, -0.25) is 0 Å². The summed E-state index contributed by atoms with van der Waals surface area (Å²) in [5.74, 6) is 0.241. The molecule has 0 spiro atoms. The van der Waals surface area contributed by atoms with Gasteiger partial charge in [0.25, 0.3) is 0 Å². The second-order valence-electron chi connectivity index (χ2n) is 3.97. The van der Waals surface area contributed by atoms with E-state index in [9.17, 15) is 10.2 Å². The highest BCUT2D eigenvalue weighted by molar-refractivity contribution is 6.33. The fraction of sp³-hybridized carbons (Fsp3) is 0.455. The number of hydrogen-bond donors (Lipinski definition) is 2. The van der Waals surface area contributed by atoms with Crippen LogP contribution in [0, 0.1) is 6.92 Å². The zero-order valence-electron chi connectivity index (χ0n) is 8.67. The van der Waals surface area contributed by atoms with E-state index in [1.807, 2.05) is 6.92 Å². The molecule has 0 aliphatic heterocycles. The lowest BCUT2D eigenvalue weighted by molar-refractivity contribution is 0.150. The molecule has 1 aliphatic carbocycles. The number of aliphatic hydroxyl groups is 1. The van der Waals surface area contributed by atoms with Gasteiger partial charge >= 0.3 is 0 Å². The Morgan fingerprint density at radius 2 is 2.07 bits per heavy atom. The van der Waals surface area contributed by atoms with E-state index in [2.05, 4.69) is 0 Å². The summed E-state index contributed by atoms with van der Waals surface area (Å²) in [5, 5.41) is 20.0. The molecule has 0 saturated heterocycles. The molecule has 0 bridgehead atoms. The highest BCUT2D eigenvalue weighted by atomic mass is 35.5. The number of aromatic hydroxyl groups is 1. The van der Waals surface area contributed by atoms with Gasteiger partial charge in [-0.2, -0.15) is 0 Å². The van der Waals surface area contributed by atoms with Gasteiger partial charge < -0.3 is 14.9 Å². The number of methoxy groups -OCH3 is 1. The van der Waals surface area contributed by atoms with Gasteiger partial charge in [-0.25, -0.2) is 0 Å². The van der Waals surface area contributed by atoms with Crippen LogP contribution in [-0.4, -0.2) is 17.3 Å². The number of aryl methyl sites for hydroxylation is 1. The minimum absolute atomic E-state index is 0.00741. The van der Waals surface area contributed by atoms with Crippen molar-refractivity contribution in [3.8, 4) is 11.5 Å². The molecule has 0 aromatic heterocycles. The lowest BCUT2D eigenvalue weighted by atomic mass is 10.0. The Bertz CT molecular complexity index is 411. The lowest BCUT2D eigenvalue weighted by Gasteiger charge is -2.17. The molecule has 2 N–H and O–H groups in total. The van der Waals surface area contributed by atoms with E-state index < -0.39 is 5.60 Å². The molecule has 0 heterocycles. The SMILES string of the molecule is COc1c(O)cc(C)c(C2(O)CC2)c1Cl. The Morgan fingerprint density at radius 1 is 1.47 bits per heavy atom. The second-order valence-corrected chi connectivity index (χ2v) is 4.34. The third-order valence-corrected chi connectivity index (χ3v) is 3.15. The maximum absolute atomic E-state index is 10.1. The van der Waals surface area contributed by atoms with Crippen molar-refractivity contribution < 1.29 is 14.9 Å². The molecule has 4 heteroatoms. The molecule has 0 atom stereocenters. The maximum atomic E-state index is 10.1. The molecule has 3 nitrogen and oxygen atoms in total. The van der Waals surface area contributed by atoms with Gasteiger partial charge in [0.15, 0.2) is 11.5 Å². The standard InChI is InChI=1S/C11H13ClO3/c1-6-5-7(13)10(15-2)9(12)8(6)11(14)3-4-11/h5,13-14H,3-4H2,1-2H3. The van der Waals surface area contributed by atoms with Crippen LogP contribution < -0.4 is 4.74 Å². The summed E-state index contributed by atoms with van der Waals surface area (Å²) < 4.78 is 5.00. The Morgan fingerprint density at radius 3 is 2.53 bits per heavy atom. The maximum Gasteiger partial charge on any atom is 0.179 e. The van der Waals surface area contributed by atoms with E-state index in [-0.39, 0.29) is 11.5 Å². The monoisotopic (exact) mass is 228 g/mol. The summed E-state index contributed by atoms with van der Waals surface area (Å²) in [5.41, 5.74) is 0.652. The van der Waals surface area contributed by atoms with Crippen molar-refractivity contribution in [1.29, 1.82) is 0 Å². The number of hydrogen-bond acceptors (Lipinski definition) is 3. The predicted octanol–water partition coefficient (Wildman–Crippen LogP) is 2.34. The van der Waals surface area contributed by atoms with Crippen molar-refractivity contribution in [2.75, 3.05) is 7.11 Å². The minimum atomic E-state index is -0.817. The quantitative estimate of drug-likeness (QED) is 0.817. The van der Waals surface area contributed by atoms with E-state index in [4.69, 9.17) is 16.3 Å². The first-order chi connectivity index (χ1) is 6.99. The molecule has 1 aromatic rings. The van der Waals surface area contributed by atoms with Gasteiger partial charge in [0.2, 0.25) is 0 Å². The fourth-order valence-electron chi connectivity index (χ4n) is 1.88. The summed E-state index contributed by atoms with van der Waals surface area (Å²) in [6, 6.07) is 1.57. The van der Waals surface area contributed by atoms with Crippen molar-refractivity contribution in [2.24, 2.45) is 0 Å². The van der Waals surface area contributed by atoms with Crippen LogP contribution in [0.5, 0.6) is 11.5 Å². The molecule has 1 aromatic carbocycles. The first kappa shape index (κ1) is 10.6. The minimum Gasteiger partial charge on any atom is -0.504 e. The Labute approximate surface area is 93.3 Å². The zero-order chi connectivity index (χ0) is 11.2. The van der Waals surface area contributed by atoms with Crippen molar-refractivity contribution in [1.82, 2.24) is 0 Å². The Kier molecular flexibility index (Phi) is 2.32. The van der Waals surface area contributed by atoms with Gasteiger partial charge in [-0.15, -0.1) is 0 Å². The number of ether oxygens (including phenoxy) is 1. The highest BCUT2D eigenvalue weighted by Crippen LogP contribution is 2.52. The van der Waals surface area contributed by atoms with Crippen molar-refractivity contribution in [2.45, 2.75) is 25.4 Å². The molecule has 0 unspecified atom stereocenters. The molecule has 0 amide bonds. The predicted molar refractivity (Wildman–Crippen MR) is 57.5 cm³/mol. The van der Waals surface area contributed by atoms with E-state index in [0.717, 1.165) is 5.56 Å². The van der Waals surface area contributed by atoms with Crippen LogP contribution in [0.3, 0.4) is 0 Å². The Balaban J connectivity index is 2.64. The first-order valence-electron chi connectivity index (χ1n) is 4.78. The molecular weight excluding hydrogens is 216 g/mol. The lowest BCUT2D eigenvalue weighted by Crippen LogP contribution is -2.08. The van der Waals surface area contributed by atoms with Gasteiger partial charge in [0.05, 0.1) is 17.7 Å². The largest absolute Gasteiger partial charge is 0.504 e. The number of phenols is 1. The van der Waals surface area contributed by atoms with E-state index in [1.54, 1.807) is 6.07 Å². The van der Waals surface area contributed by atoms with E-state index >= 15 is 0 Å². The van der Waals surface area contributed by atoms with Gasteiger partial charge in [-0.05, 0) is 31.4 Å². The summed E-state index contributed by atoms with van der Waals surface area (Å²) in [6.07, 6.45) is 1.42. The molecular formula is C11H13ClO3. The number of benzene rings is 1. The third kappa shape index (κ3) is 1.56. The second kappa shape index (κ2) is 3.29. The van der Waals surface area contributed by atoms with Crippen LogP contribution in [0.4, 0.5) is 0 Å². The molecule has 1 aliphatic rings. The molecule has 1 fully saturated rings. The first-order valence-corrected chi connectivity index (χ1v) is 5.16. The average molecular weight is 229 g/mol. The fourth-order valence-corrected chi connectivity index (χ4v) is 2.37. The topological polar surface area (TPSA) is 49.7 Å². The zero-order valence-corrected chi connectivity index (χ0v) is 9.43. The Hall–Kier alpha value is -0.930. The summed E-state index contributed by atoms with van der Waals surface area (Å²) >= 11 is 6.10. The van der Waals surface area contributed by atoms with Crippen LogP contribution >= 0.6 is 11.6 Å². The summed E-state index contributed by atoms with van der Waals surface area (Å²) in [6.45, 7) is 1.82. The smallest absolute Gasteiger partial charge is 0.179 e. The highest BCUT2D eigenvalue weighted by Gasteiger charge is 2.45. The number of halogens is 1. The van der Waals surface area contributed by atoms with Crippen LogP contribution in [0.15, 0.2) is 6.07 Å².